The highest BCUT2D eigenvalue weighted by molar-refractivity contribution is 5.23. The SMILES string of the molecule is CCN1C=CNC(Cc2ccccc2)=C1. The predicted molar refractivity (Wildman–Crippen MR) is 62.9 cm³/mol. The number of nitrogens with zero attached hydrogens (tertiary/aromatic N) is 1. The second kappa shape index (κ2) is 4.69. The van der Waals surface area contributed by atoms with Crippen molar-refractivity contribution in [2.75, 3.05) is 6.54 Å². The highest BCUT2D eigenvalue weighted by atomic mass is 15.1. The molecular formula is C13H16N2. The quantitative estimate of drug-likeness (QED) is 0.806. The van der Waals surface area contributed by atoms with Crippen LogP contribution in [0.15, 0.2) is 54.6 Å². The van der Waals surface area contributed by atoms with Crippen LogP contribution in [0.1, 0.15) is 12.5 Å². The van der Waals surface area contributed by atoms with Gasteiger partial charge in [0.15, 0.2) is 0 Å². The van der Waals surface area contributed by atoms with Crippen LogP contribution in [0, 0.1) is 0 Å². The number of hydrogen-bond acceptors (Lipinski definition) is 2. The van der Waals surface area contributed by atoms with Gasteiger partial charge in [0.05, 0.1) is 0 Å². The molecule has 0 fully saturated rings. The fraction of sp³-hybridized carbons (Fsp3) is 0.231. The Morgan fingerprint density at radius 1 is 1.20 bits per heavy atom. The smallest absolute Gasteiger partial charge is 0.0356 e. The van der Waals surface area contributed by atoms with E-state index < -0.39 is 0 Å². The number of nitrogens with one attached hydrogen (secondary N) is 1. The Bertz CT molecular complexity index is 365. The van der Waals surface area contributed by atoms with Crippen LogP contribution < -0.4 is 5.32 Å². The molecule has 2 rings (SSSR count). The summed E-state index contributed by atoms with van der Waals surface area (Å²) in [7, 11) is 0. The summed E-state index contributed by atoms with van der Waals surface area (Å²) in [5, 5.41) is 3.27. The molecule has 0 aliphatic carbocycles. The maximum atomic E-state index is 3.27. The zero-order valence-corrected chi connectivity index (χ0v) is 8.98. The molecule has 0 saturated carbocycles. The molecule has 1 N–H and O–H groups in total. The van der Waals surface area contributed by atoms with Gasteiger partial charge in [0, 0.05) is 37.3 Å². The highest BCUT2D eigenvalue weighted by Crippen LogP contribution is 2.09. The van der Waals surface area contributed by atoms with Crippen molar-refractivity contribution in [2.45, 2.75) is 13.3 Å². The molecule has 1 aliphatic rings. The van der Waals surface area contributed by atoms with Crippen LogP contribution in [0.2, 0.25) is 0 Å². The van der Waals surface area contributed by atoms with E-state index in [0.717, 1.165) is 13.0 Å². The van der Waals surface area contributed by atoms with Crippen LogP contribution in [-0.2, 0) is 6.42 Å². The Hall–Kier alpha value is -1.70. The van der Waals surface area contributed by atoms with Crippen LogP contribution in [0.5, 0.6) is 0 Å². The van der Waals surface area contributed by atoms with Crippen molar-refractivity contribution < 1.29 is 0 Å². The Labute approximate surface area is 90.9 Å². The third-order valence-electron chi connectivity index (χ3n) is 2.46. The summed E-state index contributed by atoms with van der Waals surface area (Å²) in [4.78, 5) is 2.18. The maximum absolute atomic E-state index is 3.27. The van der Waals surface area contributed by atoms with Crippen LogP contribution in [0.25, 0.3) is 0 Å². The van der Waals surface area contributed by atoms with Gasteiger partial charge in [0.1, 0.15) is 0 Å². The second-order valence-electron chi connectivity index (χ2n) is 3.61. The lowest BCUT2D eigenvalue weighted by molar-refractivity contribution is 0.512. The molecule has 1 aromatic rings. The van der Waals surface area contributed by atoms with E-state index >= 15 is 0 Å². The van der Waals surface area contributed by atoms with Gasteiger partial charge in [0.2, 0.25) is 0 Å². The number of rotatable bonds is 3. The Morgan fingerprint density at radius 3 is 2.73 bits per heavy atom. The van der Waals surface area contributed by atoms with Gasteiger partial charge in [0.25, 0.3) is 0 Å². The number of benzene rings is 1. The first-order chi connectivity index (χ1) is 7.38. The number of hydrogen-bond donors (Lipinski definition) is 1. The molecule has 0 amide bonds. The molecule has 0 bridgehead atoms. The fourth-order valence-corrected chi connectivity index (χ4v) is 1.63. The molecule has 0 aromatic heterocycles. The van der Waals surface area contributed by atoms with Crippen LogP contribution >= 0.6 is 0 Å². The second-order valence-corrected chi connectivity index (χ2v) is 3.61. The standard InChI is InChI=1S/C13H16N2/c1-2-15-9-8-14-13(11-15)10-12-6-4-3-5-7-12/h3-9,11,14H,2,10H2,1H3. The van der Waals surface area contributed by atoms with Gasteiger partial charge in [-0.2, -0.15) is 0 Å². The van der Waals surface area contributed by atoms with E-state index in [-0.39, 0.29) is 0 Å². The summed E-state index contributed by atoms with van der Waals surface area (Å²) in [5.41, 5.74) is 2.58. The molecule has 78 valence electrons. The van der Waals surface area contributed by atoms with E-state index in [1.54, 1.807) is 0 Å². The van der Waals surface area contributed by atoms with Crippen molar-refractivity contribution in [1.29, 1.82) is 0 Å². The van der Waals surface area contributed by atoms with Crippen molar-refractivity contribution in [3.05, 3.63) is 60.2 Å². The first kappa shape index (κ1) is 9.84. The minimum Gasteiger partial charge on any atom is -0.362 e. The van der Waals surface area contributed by atoms with Crippen LogP contribution in [0.3, 0.4) is 0 Å². The van der Waals surface area contributed by atoms with Gasteiger partial charge in [-0.05, 0) is 12.5 Å². The molecule has 1 heterocycles. The van der Waals surface area contributed by atoms with Crippen molar-refractivity contribution in [1.82, 2.24) is 10.2 Å². The van der Waals surface area contributed by atoms with E-state index in [2.05, 4.69) is 53.8 Å². The first-order valence-electron chi connectivity index (χ1n) is 5.32. The van der Waals surface area contributed by atoms with Gasteiger partial charge >= 0.3 is 0 Å². The van der Waals surface area contributed by atoms with Crippen molar-refractivity contribution >= 4 is 0 Å². The lowest BCUT2D eigenvalue weighted by Gasteiger charge is -2.20. The van der Waals surface area contributed by atoms with Crippen molar-refractivity contribution in [3.63, 3.8) is 0 Å². The third kappa shape index (κ3) is 2.62. The minimum atomic E-state index is 0.960. The van der Waals surface area contributed by atoms with Gasteiger partial charge in [-0.3, -0.25) is 0 Å². The topological polar surface area (TPSA) is 15.3 Å². The van der Waals surface area contributed by atoms with Gasteiger partial charge < -0.3 is 10.2 Å². The molecule has 0 radical (unpaired) electrons. The summed E-state index contributed by atoms with van der Waals surface area (Å²) in [6.45, 7) is 3.16. The predicted octanol–water partition coefficient (Wildman–Crippen LogP) is 2.47. The molecule has 1 aliphatic heterocycles. The third-order valence-corrected chi connectivity index (χ3v) is 2.46. The van der Waals surface area contributed by atoms with Gasteiger partial charge in [-0.15, -0.1) is 0 Å². The average Bonchev–Trinajstić information content (AvgIpc) is 2.31. The zero-order valence-electron chi connectivity index (χ0n) is 8.98. The molecular weight excluding hydrogens is 184 g/mol. The molecule has 0 saturated heterocycles. The molecule has 2 heteroatoms. The average molecular weight is 200 g/mol. The Kier molecular flexibility index (Phi) is 3.08. The normalized spacial score (nSPS) is 14.7. The van der Waals surface area contributed by atoms with Crippen molar-refractivity contribution in [3.8, 4) is 0 Å². The van der Waals surface area contributed by atoms with Gasteiger partial charge in [-0.1, -0.05) is 30.3 Å². The maximum Gasteiger partial charge on any atom is 0.0356 e. The summed E-state index contributed by atoms with van der Waals surface area (Å²) >= 11 is 0. The van der Waals surface area contributed by atoms with E-state index in [4.69, 9.17) is 0 Å². The highest BCUT2D eigenvalue weighted by Gasteiger charge is 2.03. The van der Waals surface area contributed by atoms with E-state index in [0.29, 0.717) is 0 Å². The summed E-state index contributed by atoms with van der Waals surface area (Å²) < 4.78 is 0. The van der Waals surface area contributed by atoms with Crippen molar-refractivity contribution in [2.24, 2.45) is 0 Å². The largest absolute Gasteiger partial charge is 0.362 e. The molecule has 0 unspecified atom stereocenters. The zero-order chi connectivity index (χ0) is 10.5. The molecule has 0 atom stereocenters. The van der Waals surface area contributed by atoms with Crippen LogP contribution in [-0.4, -0.2) is 11.4 Å². The van der Waals surface area contributed by atoms with E-state index in [1.807, 2.05) is 12.3 Å². The fourth-order valence-electron chi connectivity index (χ4n) is 1.63. The van der Waals surface area contributed by atoms with E-state index in [9.17, 15) is 0 Å². The summed E-state index contributed by atoms with van der Waals surface area (Å²) in [5.74, 6) is 0. The monoisotopic (exact) mass is 200 g/mol. The number of allylic oxidation sites excluding steroid dienone is 1. The van der Waals surface area contributed by atoms with Gasteiger partial charge in [-0.25, -0.2) is 0 Å². The molecule has 15 heavy (non-hydrogen) atoms. The minimum absolute atomic E-state index is 0.960. The molecule has 2 nitrogen and oxygen atoms in total. The van der Waals surface area contributed by atoms with Crippen LogP contribution in [0.4, 0.5) is 0 Å². The summed E-state index contributed by atoms with van der Waals surface area (Å²) in [6, 6.07) is 10.5. The lowest BCUT2D eigenvalue weighted by atomic mass is 10.1. The summed E-state index contributed by atoms with van der Waals surface area (Å²) in [6.07, 6.45) is 7.16. The Balaban J connectivity index is 2.04. The van der Waals surface area contributed by atoms with E-state index in [1.165, 1.54) is 11.3 Å². The molecule has 1 aromatic carbocycles. The Morgan fingerprint density at radius 2 is 2.00 bits per heavy atom. The molecule has 0 spiro atoms. The lowest BCUT2D eigenvalue weighted by Crippen LogP contribution is -2.21. The first-order valence-corrected chi connectivity index (χ1v) is 5.32.